The molecule has 16 heavy (non-hydrogen) atoms. The summed E-state index contributed by atoms with van der Waals surface area (Å²) in [6.45, 7) is 0. The molecular weight excluding hydrogens is 196 g/mol. The number of rotatable bonds is 8. The summed E-state index contributed by atoms with van der Waals surface area (Å²) in [5.41, 5.74) is 1.27. The van der Waals surface area contributed by atoms with Crippen LogP contribution in [-0.4, -0.2) is 6.29 Å². The van der Waals surface area contributed by atoms with Crippen LogP contribution in [0.4, 0.5) is 0 Å². The number of hydrogen-bond acceptors (Lipinski definition) is 1. The first-order chi connectivity index (χ1) is 7.93. The van der Waals surface area contributed by atoms with Gasteiger partial charge in [0.2, 0.25) is 0 Å². The fraction of sp³-hybridized carbons (Fsp3) is 0.400. The van der Waals surface area contributed by atoms with Gasteiger partial charge in [0.1, 0.15) is 6.29 Å². The van der Waals surface area contributed by atoms with Crippen molar-refractivity contribution in [3.8, 4) is 0 Å². The van der Waals surface area contributed by atoms with E-state index in [0.717, 1.165) is 25.5 Å². The van der Waals surface area contributed by atoms with E-state index in [1.165, 1.54) is 24.8 Å². The van der Waals surface area contributed by atoms with Gasteiger partial charge in [0.05, 0.1) is 0 Å². The van der Waals surface area contributed by atoms with Gasteiger partial charge in [-0.1, -0.05) is 55.3 Å². The number of aldehydes is 1. The lowest BCUT2D eigenvalue weighted by molar-refractivity contribution is -0.107. The Kier molecular flexibility index (Phi) is 7.06. The van der Waals surface area contributed by atoms with Crippen LogP contribution < -0.4 is 0 Å². The van der Waals surface area contributed by atoms with E-state index < -0.39 is 0 Å². The highest BCUT2D eigenvalue weighted by molar-refractivity contribution is 5.49. The third kappa shape index (κ3) is 6.18. The first kappa shape index (κ1) is 12.7. The summed E-state index contributed by atoms with van der Waals surface area (Å²) < 4.78 is 0. The van der Waals surface area contributed by atoms with E-state index in [0.29, 0.717) is 0 Å². The van der Waals surface area contributed by atoms with E-state index in [-0.39, 0.29) is 0 Å². The van der Waals surface area contributed by atoms with Crippen LogP contribution in [0.15, 0.2) is 36.4 Å². The molecule has 0 unspecified atom stereocenters. The number of carbonyl (C=O) groups excluding carboxylic acids is 1. The van der Waals surface area contributed by atoms with Crippen LogP contribution in [0.2, 0.25) is 0 Å². The van der Waals surface area contributed by atoms with Crippen LogP contribution in [0.5, 0.6) is 0 Å². The van der Waals surface area contributed by atoms with Crippen molar-refractivity contribution in [3.63, 3.8) is 0 Å². The molecule has 0 aliphatic rings. The van der Waals surface area contributed by atoms with E-state index in [4.69, 9.17) is 0 Å². The van der Waals surface area contributed by atoms with Crippen molar-refractivity contribution in [3.05, 3.63) is 42.0 Å². The van der Waals surface area contributed by atoms with Gasteiger partial charge in [-0.3, -0.25) is 0 Å². The van der Waals surface area contributed by atoms with Crippen molar-refractivity contribution < 1.29 is 4.79 Å². The molecule has 0 saturated heterocycles. The Hall–Kier alpha value is -1.37. The number of hydrogen-bond donors (Lipinski definition) is 0. The van der Waals surface area contributed by atoms with Gasteiger partial charge in [-0.25, -0.2) is 0 Å². The third-order valence-electron chi connectivity index (χ3n) is 2.55. The van der Waals surface area contributed by atoms with Gasteiger partial charge in [-0.05, 0) is 24.8 Å². The van der Waals surface area contributed by atoms with E-state index >= 15 is 0 Å². The van der Waals surface area contributed by atoms with Crippen molar-refractivity contribution in [1.29, 1.82) is 0 Å². The van der Waals surface area contributed by atoms with Crippen LogP contribution in [0, 0.1) is 0 Å². The minimum atomic E-state index is 0.722. The molecule has 0 spiro atoms. The minimum absolute atomic E-state index is 0.722. The normalized spacial score (nSPS) is 10.8. The SMILES string of the molecule is O=CCCCCCC/C=C/c1ccccc1. The molecule has 0 N–H and O–H groups in total. The predicted octanol–water partition coefficient (Wildman–Crippen LogP) is 4.24. The molecule has 1 aromatic rings. The minimum Gasteiger partial charge on any atom is -0.303 e. The molecule has 1 heteroatoms. The zero-order chi connectivity index (χ0) is 11.5. The average Bonchev–Trinajstić information content (AvgIpc) is 2.34. The van der Waals surface area contributed by atoms with Crippen molar-refractivity contribution in [1.82, 2.24) is 0 Å². The van der Waals surface area contributed by atoms with Gasteiger partial charge in [0.15, 0.2) is 0 Å². The molecular formula is C15H20O. The highest BCUT2D eigenvalue weighted by Gasteiger charge is 1.88. The van der Waals surface area contributed by atoms with Crippen LogP contribution >= 0.6 is 0 Å². The van der Waals surface area contributed by atoms with Gasteiger partial charge in [-0.2, -0.15) is 0 Å². The van der Waals surface area contributed by atoms with Gasteiger partial charge in [0, 0.05) is 6.42 Å². The third-order valence-corrected chi connectivity index (χ3v) is 2.55. The van der Waals surface area contributed by atoms with Crippen LogP contribution in [0.25, 0.3) is 6.08 Å². The Balaban J connectivity index is 2.03. The van der Waals surface area contributed by atoms with E-state index in [1.807, 2.05) is 6.07 Å². The fourth-order valence-electron chi connectivity index (χ4n) is 1.63. The van der Waals surface area contributed by atoms with Gasteiger partial charge in [-0.15, -0.1) is 0 Å². The molecule has 86 valence electrons. The smallest absolute Gasteiger partial charge is 0.119 e. The second-order valence-corrected chi connectivity index (χ2v) is 3.97. The molecule has 0 atom stereocenters. The highest BCUT2D eigenvalue weighted by atomic mass is 16.1. The number of carbonyl (C=O) groups is 1. The summed E-state index contributed by atoms with van der Waals surface area (Å²) in [7, 11) is 0. The topological polar surface area (TPSA) is 17.1 Å². The molecule has 0 radical (unpaired) electrons. The van der Waals surface area contributed by atoms with Crippen molar-refractivity contribution in [2.75, 3.05) is 0 Å². The lowest BCUT2D eigenvalue weighted by Crippen LogP contribution is -1.79. The van der Waals surface area contributed by atoms with Gasteiger partial charge in [0.25, 0.3) is 0 Å². The molecule has 0 saturated carbocycles. The maximum absolute atomic E-state index is 10.1. The van der Waals surface area contributed by atoms with Crippen LogP contribution in [-0.2, 0) is 4.79 Å². The summed E-state index contributed by atoms with van der Waals surface area (Å²) in [5.74, 6) is 0. The quantitative estimate of drug-likeness (QED) is 0.469. The highest BCUT2D eigenvalue weighted by Crippen LogP contribution is 2.07. The molecule has 0 bridgehead atoms. The van der Waals surface area contributed by atoms with Gasteiger partial charge >= 0.3 is 0 Å². The fourth-order valence-corrected chi connectivity index (χ4v) is 1.63. The van der Waals surface area contributed by atoms with Gasteiger partial charge < -0.3 is 4.79 Å². The lowest BCUT2D eigenvalue weighted by atomic mass is 10.1. The van der Waals surface area contributed by atoms with Crippen molar-refractivity contribution in [2.24, 2.45) is 0 Å². The molecule has 1 nitrogen and oxygen atoms in total. The van der Waals surface area contributed by atoms with E-state index in [2.05, 4.69) is 36.4 Å². The number of unbranched alkanes of at least 4 members (excludes halogenated alkanes) is 5. The average molecular weight is 216 g/mol. The maximum atomic E-state index is 10.1. The molecule has 0 aromatic heterocycles. The first-order valence-electron chi connectivity index (χ1n) is 6.08. The molecule has 0 amide bonds. The second kappa shape index (κ2) is 8.90. The molecule has 0 fully saturated rings. The van der Waals surface area contributed by atoms with Crippen molar-refractivity contribution >= 4 is 12.4 Å². The van der Waals surface area contributed by atoms with E-state index in [1.54, 1.807) is 0 Å². The summed E-state index contributed by atoms with van der Waals surface area (Å²) in [4.78, 5) is 10.1. The Labute approximate surface area is 98.2 Å². The lowest BCUT2D eigenvalue weighted by Gasteiger charge is -1.96. The molecule has 0 heterocycles. The van der Waals surface area contributed by atoms with Crippen LogP contribution in [0.3, 0.4) is 0 Å². The molecule has 1 aromatic carbocycles. The first-order valence-corrected chi connectivity index (χ1v) is 6.08. The summed E-state index contributed by atoms with van der Waals surface area (Å²) >= 11 is 0. The van der Waals surface area contributed by atoms with Crippen LogP contribution in [0.1, 0.15) is 44.1 Å². The summed E-state index contributed by atoms with van der Waals surface area (Å²) in [5, 5.41) is 0. The molecule has 1 rings (SSSR count). The van der Waals surface area contributed by atoms with Crippen molar-refractivity contribution in [2.45, 2.75) is 38.5 Å². The Morgan fingerprint density at radius 2 is 1.56 bits per heavy atom. The second-order valence-electron chi connectivity index (χ2n) is 3.97. The Bertz CT molecular complexity index is 300. The maximum Gasteiger partial charge on any atom is 0.119 e. The number of allylic oxidation sites excluding steroid dienone is 1. The molecule has 0 aliphatic carbocycles. The molecule has 0 aliphatic heterocycles. The zero-order valence-electron chi connectivity index (χ0n) is 9.77. The monoisotopic (exact) mass is 216 g/mol. The predicted molar refractivity (Wildman–Crippen MR) is 69.2 cm³/mol. The summed E-state index contributed by atoms with van der Waals surface area (Å²) in [6.07, 6.45) is 11.9. The van der Waals surface area contributed by atoms with E-state index in [9.17, 15) is 4.79 Å². The largest absolute Gasteiger partial charge is 0.303 e. The summed E-state index contributed by atoms with van der Waals surface area (Å²) in [6, 6.07) is 10.4. The number of benzene rings is 1. The Morgan fingerprint density at radius 1 is 0.875 bits per heavy atom. The zero-order valence-corrected chi connectivity index (χ0v) is 9.77. The Morgan fingerprint density at radius 3 is 2.25 bits per heavy atom. The standard InChI is InChI=1S/C15H20O/c16-14-10-5-3-1-2-4-7-11-15-12-8-6-9-13-15/h6-9,11-14H,1-5,10H2/b11-7+.